The van der Waals surface area contributed by atoms with Gasteiger partial charge >= 0.3 is 0 Å². The van der Waals surface area contributed by atoms with E-state index in [9.17, 15) is 4.39 Å². The van der Waals surface area contributed by atoms with Gasteiger partial charge in [-0.15, -0.1) is 6.58 Å². The van der Waals surface area contributed by atoms with Gasteiger partial charge in [-0.2, -0.15) is 0 Å². The topological polar surface area (TPSA) is 0 Å². The lowest BCUT2D eigenvalue weighted by Gasteiger charge is -2.34. The lowest BCUT2D eigenvalue weighted by Crippen LogP contribution is -2.22. The molecule has 0 nitrogen and oxygen atoms in total. The molecule has 1 unspecified atom stereocenters. The predicted molar refractivity (Wildman–Crippen MR) is 180 cm³/mol. The SMILES string of the molecule is C=CC1CCC(C2CC=C(c3ccc(-c4ccc(-c5ccc(CCCCCCCCC)c(F)c5F)cc4)c(F)c3F)CC2)CC1. The maximum Gasteiger partial charge on any atom is 0.167 e. The number of aryl methyl sites for hydroxylation is 1. The molecule has 3 aromatic rings. The Morgan fingerprint density at radius 3 is 1.78 bits per heavy atom. The summed E-state index contributed by atoms with van der Waals surface area (Å²) in [5, 5.41) is 0. The molecule has 0 aliphatic heterocycles. The number of hydrogen-bond donors (Lipinski definition) is 0. The van der Waals surface area contributed by atoms with E-state index >= 15 is 13.2 Å². The van der Waals surface area contributed by atoms with Crippen LogP contribution in [0.2, 0.25) is 0 Å². The van der Waals surface area contributed by atoms with Crippen molar-refractivity contribution in [3.8, 4) is 22.3 Å². The first-order valence-electron chi connectivity index (χ1n) is 17.3. The first-order valence-corrected chi connectivity index (χ1v) is 17.3. The van der Waals surface area contributed by atoms with Crippen molar-refractivity contribution in [3.63, 3.8) is 0 Å². The van der Waals surface area contributed by atoms with E-state index in [0.29, 0.717) is 46.4 Å². The molecular weight excluding hydrogens is 568 g/mol. The molecule has 2 aliphatic rings. The van der Waals surface area contributed by atoms with Crippen molar-refractivity contribution in [2.75, 3.05) is 0 Å². The monoisotopic (exact) mass is 616 g/mol. The van der Waals surface area contributed by atoms with Gasteiger partial charge in [-0.25, -0.2) is 17.6 Å². The maximum atomic E-state index is 15.4. The summed E-state index contributed by atoms with van der Waals surface area (Å²) in [6.45, 7) is 6.13. The Hall–Kier alpha value is -3.14. The Morgan fingerprint density at radius 2 is 1.18 bits per heavy atom. The zero-order valence-corrected chi connectivity index (χ0v) is 26.8. The molecule has 0 amide bonds. The van der Waals surface area contributed by atoms with Crippen LogP contribution in [0.15, 0.2) is 67.3 Å². The highest BCUT2D eigenvalue weighted by Gasteiger charge is 2.29. The molecule has 1 saturated carbocycles. The average molecular weight is 617 g/mol. The molecule has 0 bridgehead atoms. The highest BCUT2D eigenvalue weighted by atomic mass is 19.2. The van der Waals surface area contributed by atoms with Gasteiger partial charge in [0.05, 0.1) is 0 Å². The fraction of sp³-hybridized carbons (Fsp3) is 0.463. The van der Waals surface area contributed by atoms with Crippen LogP contribution in [0.5, 0.6) is 0 Å². The first-order chi connectivity index (χ1) is 21.9. The summed E-state index contributed by atoms with van der Waals surface area (Å²) >= 11 is 0. The van der Waals surface area contributed by atoms with Gasteiger partial charge < -0.3 is 0 Å². The molecule has 0 N–H and O–H groups in total. The van der Waals surface area contributed by atoms with Crippen LogP contribution >= 0.6 is 0 Å². The van der Waals surface area contributed by atoms with Gasteiger partial charge in [0.25, 0.3) is 0 Å². The van der Waals surface area contributed by atoms with E-state index in [-0.39, 0.29) is 11.1 Å². The fourth-order valence-electron chi connectivity index (χ4n) is 7.51. The summed E-state index contributed by atoms with van der Waals surface area (Å²) in [4.78, 5) is 0. The Balaban J connectivity index is 1.22. The molecule has 4 heteroatoms. The van der Waals surface area contributed by atoms with E-state index < -0.39 is 23.3 Å². The summed E-state index contributed by atoms with van der Waals surface area (Å²) in [5.41, 5.74) is 2.95. The van der Waals surface area contributed by atoms with Gasteiger partial charge in [0.1, 0.15) is 0 Å². The lowest BCUT2D eigenvalue weighted by atomic mass is 9.71. The third-order valence-electron chi connectivity index (χ3n) is 10.4. The van der Waals surface area contributed by atoms with Crippen molar-refractivity contribution in [1.29, 1.82) is 0 Å². The van der Waals surface area contributed by atoms with Crippen molar-refractivity contribution < 1.29 is 17.6 Å². The van der Waals surface area contributed by atoms with Gasteiger partial charge in [-0.3, -0.25) is 0 Å². The summed E-state index contributed by atoms with van der Waals surface area (Å²) in [6.07, 6.45) is 20.1. The van der Waals surface area contributed by atoms with Gasteiger partial charge in [-0.05, 0) is 97.8 Å². The quantitative estimate of drug-likeness (QED) is 0.102. The third-order valence-corrected chi connectivity index (χ3v) is 10.4. The predicted octanol–water partition coefficient (Wildman–Crippen LogP) is 13.0. The first kappa shape index (κ1) is 33.2. The van der Waals surface area contributed by atoms with Crippen LogP contribution < -0.4 is 0 Å². The molecule has 0 radical (unpaired) electrons. The van der Waals surface area contributed by atoms with Crippen LogP contribution in [0.1, 0.15) is 108 Å². The minimum Gasteiger partial charge on any atom is -0.203 e. The second-order valence-electron chi connectivity index (χ2n) is 13.3. The second kappa shape index (κ2) is 15.9. The van der Waals surface area contributed by atoms with Gasteiger partial charge in [0, 0.05) is 16.7 Å². The molecule has 240 valence electrons. The van der Waals surface area contributed by atoms with Crippen LogP contribution in [-0.2, 0) is 6.42 Å². The van der Waals surface area contributed by atoms with Crippen LogP contribution in [0.4, 0.5) is 17.6 Å². The Labute approximate surface area is 267 Å². The van der Waals surface area contributed by atoms with Crippen molar-refractivity contribution in [1.82, 2.24) is 0 Å². The average Bonchev–Trinajstić information content (AvgIpc) is 3.08. The van der Waals surface area contributed by atoms with Gasteiger partial charge in [-0.1, -0.05) is 106 Å². The van der Waals surface area contributed by atoms with E-state index in [2.05, 4.69) is 25.7 Å². The van der Waals surface area contributed by atoms with Crippen LogP contribution in [0.3, 0.4) is 0 Å². The summed E-state index contributed by atoms with van der Waals surface area (Å²) in [7, 11) is 0. The van der Waals surface area contributed by atoms with Crippen molar-refractivity contribution >= 4 is 5.57 Å². The van der Waals surface area contributed by atoms with Crippen LogP contribution in [-0.4, -0.2) is 0 Å². The van der Waals surface area contributed by atoms with Crippen molar-refractivity contribution in [3.05, 3.63) is 102 Å². The molecule has 5 rings (SSSR count). The van der Waals surface area contributed by atoms with E-state index in [4.69, 9.17) is 0 Å². The number of halogens is 4. The van der Waals surface area contributed by atoms with Crippen LogP contribution in [0.25, 0.3) is 27.8 Å². The number of unbranched alkanes of at least 4 members (excludes halogenated alkanes) is 6. The highest BCUT2D eigenvalue weighted by molar-refractivity contribution is 5.74. The smallest absolute Gasteiger partial charge is 0.167 e. The third kappa shape index (κ3) is 7.99. The lowest BCUT2D eigenvalue weighted by molar-refractivity contribution is 0.212. The van der Waals surface area contributed by atoms with E-state index in [1.807, 2.05) is 0 Å². The van der Waals surface area contributed by atoms with E-state index in [0.717, 1.165) is 44.1 Å². The summed E-state index contributed by atoms with van der Waals surface area (Å²) < 4.78 is 60.8. The normalized spacial score (nSPS) is 20.2. The van der Waals surface area contributed by atoms with Gasteiger partial charge in [0.2, 0.25) is 0 Å². The van der Waals surface area contributed by atoms with E-state index in [1.165, 1.54) is 51.4 Å². The molecular formula is C41H48F4. The second-order valence-corrected chi connectivity index (χ2v) is 13.3. The standard InChI is InChI=1S/C41H48F4/c1-3-5-6-7-8-9-10-11-34-24-25-35(39(43)38(34)42)32-20-22-33(23-21-32)37-27-26-36(40(44)41(37)45)31-18-16-30(17-19-31)29-14-12-28(4-2)13-15-29/h4,18,20-30H,2-3,5-17,19H2,1H3. The molecule has 0 aromatic heterocycles. The maximum absolute atomic E-state index is 15.4. The Morgan fingerprint density at radius 1 is 0.622 bits per heavy atom. The minimum absolute atomic E-state index is 0.160. The van der Waals surface area contributed by atoms with Crippen LogP contribution in [0, 0.1) is 41.0 Å². The molecule has 2 aliphatic carbocycles. The highest BCUT2D eigenvalue weighted by Crippen LogP contribution is 2.42. The molecule has 45 heavy (non-hydrogen) atoms. The molecule has 3 aromatic carbocycles. The fourth-order valence-corrected chi connectivity index (χ4v) is 7.51. The number of hydrogen-bond acceptors (Lipinski definition) is 0. The Bertz CT molecular complexity index is 1460. The number of rotatable bonds is 13. The minimum atomic E-state index is -0.877. The molecule has 0 spiro atoms. The van der Waals surface area contributed by atoms with Crippen molar-refractivity contribution in [2.45, 2.75) is 103 Å². The number of allylic oxidation sites excluding steroid dienone is 3. The summed E-state index contributed by atoms with van der Waals surface area (Å²) in [5.74, 6) is -1.39. The van der Waals surface area contributed by atoms with E-state index in [1.54, 1.807) is 48.5 Å². The molecule has 0 heterocycles. The largest absolute Gasteiger partial charge is 0.203 e. The zero-order valence-electron chi connectivity index (χ0n) is 26.8. The van der Waals surface area contributed by atoms with Crippen molar-refractivity contribution in [2.24, 2.45) is 17.8 Å². The summed E-state index contributed by atoms with van der Waals surface area (Å²) in [6, 6.07) is 13.2. The Kier molecular flexibility index (Phi) is 11.8. The number of benzene rings is 3. The molecule has 1 fully saturated rings. The molecule has 0 saturated heterocycles. The van der Waals surface area contributed by atoms with Gasteiger partial charge in [0.15, 0.2) is 23.3 Å². The molecule has 1 atom stereocenters. The zero-order chi connectivity index (χ0) is 31.8.